The van der Waals surface area contributed by atoms with E-state index in [4.69, 9.17) is 6.57 Å². The van der Waals surface area contributed by atoms with Gasteiger partial charge in [0.15, 0.2) is 22.0 Å². The maximum atomic E-state index is 14.0. The number of pyridine rings is 3. The van der Waals surface area contributed by atoms with Gasteiger partial charge < -0.3 is 15.0 Å². The smallest absolute Gasteiger partial charge is 0.199 e. The Morgan fingerprint density at radius 2 is 0.974 bits per heavy atom. The van der Waals surface area contributed by atoms with Crippen molar-refractivity contribution in [3.05, 3.63) is 108 Å². The van der Waals surface area contributed by atoms with Gasteiger partial charge in [-0.05, 0) is 42.5 Å². The Balaban J connectivity index is 1.87. The Bertz CT molecular complexity index is 2280. The highest BCUT2D eigenvalue weighted by atomic mass is 16.1. The van der Waals surface area contributed by atoms with E-state index >= 15 is 0 Å². The summed E-state index contributed by atoms with van der Waals surface area (Å²) in [5.74, 6) is 0. The zero-order valence-corrected chi connectivity index (χ0v) is 19.8. The van der Waals surface area contributed by atoms with Gasteiger partial charge in [0, 0.05) is 21.7 Å². The molecule has 4 aromatic carbocycles. The molecule has 9 heteroatoms. The molecule has 0 saturated heterocycles. The van der Waals surface area contributed by atoms with E-state index in [0.29, 0.717) is 33.4 Å². The van der Waals surface area contributed by atoms with Gasteiger partial charge in [-0.15, -0.1) is 0 Å². The molecule has 3 heterocycles. The molecular formula is C30H12N6O3. The van der Waals surface area contributed by atoms with Crippen molar-refractivity contribution >= 4 is 71.1 Å². The molecule has 0 fully saturated rings. The van der Waals surface area contributed by atoms with Crippen LogP contribution in [0.3, 0.4) is 0 Å². The molecule has 3 aromatic heterocycles. The summed E-state index contributed by atoms with van der Waals surface area (Å²) in [6.07, 6.45) is 0. The molecule has 7 rings (SSSR count). The number of benzene rings is 4. The number of nitrogens with one attached hydrogen (secondary N) is 3. The summed E-state index contributed by atoms with van der Waals surface area (Å²) in [5.41, 5.74) is 1.41. The first-order chi connectivity index (χ1) is 18.9. The molecule has 0 radical (unpaired) electrons. The van der Waals surface area contributed by atoms with Crippen molar-refractivity contribution in [3.63, 3.8) is 0 Å². The molecular weight excluding hydrogens is 492 g/mol. The van der Waals surface area contributed by atoms with Gasteiger partial charge in [0.2, 0.25) is 0 Å². The normalized spacial score (nSPS) is 11.3. The van der Waals surface area contributed by atoms with Crippen LogP contribution in [0.5, 0.6) is 0 Å². The standard InChI is InChI=1S/C30H12N6O3/c1-33-15-4-7-18-21(10-15)36-27-23-25(34-20-9-14(12-32)3-6-17(20)29(23)38)22-26(24(27)30(18)39)35-19-8-13(11-31)2-5-16(19)28(22)37/h2-10H,(H,34,38)(H,35,37)(H,36,39). The Kier molecular flexibility index (Phi) is 4.30. The van der Waals surface area contributed by atoms with E-state index < -0.39 is 16.3 Å². The largest absolute Gasteiger partial charge is 0.355 e. The highest BCUT2D eigenvalue weighted by Crippen LogP contribution is 2.32. The van der Waals surface area contributed by atoms with Gasteiger partial charge in [-0.3, -0.25) is 14.4 Å². The van der Waals surface area contributed by atoms with E-state index in [1.807, 2.05) is 0 Å². The van der Waals surface area contributed by atoms with E-state index in [1.54, 1.807) is 0 Å². The molecule has 3 N–H and O–H groups in total. The van der Waals surface area contributed by atoms with Gasteiger partial charge in [0.05, 0.1) is 73.6 Å². The van der Waals surface area contributed by atoms with E-state index in [1.165, 1.54) is 54.6 Å². The second-order valence-corrected chi connectivity index (χ2v) is 9.20. The Morgan fingerprint density at radius 3 is 1.36 bits per heavy atom. The van der Waals surface area contributed by atoms with Crippen molar-refractivity contribution in [3.8, 4) is 12.1 Å². The summed E-state index contributed by atoms with van der Waals surface area (Å²) < 4.78 is 0. The first-order valence-electron chi connectivity index (χ1n) is 11.7. The molecule has 39 heavy (non-hydrogen) atoms. The maximum absolute atomic E-state index is 14.0. The monoisotopic (exact) mass is 504 g/mol. The minimum atomic E-state index is -0.426. The van der Waals surface area contributed by atoms with Gasteiger partial charge in [-0.1, -0.05) is 12.1 Å². The molecule has 0 amide bonds. The van der Waals surface area contributed by atoms with E-state index in [-0.39, 0.29) is 48.9 Å². The molecule has 0 saturated carbocycles. The summed E-state index contributed by atoms with van der Waals surface area (Å²) in [4.78, 5) is 54.9. The van der Waals surface area contributed by atoms with Crippen molar-refractivity contribution in [2.24, 2.45) is 0 Å². The van der Waals surface area contributed by atoms with Crippen LogP contribution in [0.25, 0.3) is 70.3 Å². The van der Waals surface area contributed by atoms with Crippen molar-refractivity contribution in [1.29, 1.82) is 10.5 Å². The van der Waals surface area contributed by atoms with Crippen LogP contribution in [0, 0.1) is 29.2 Å². The molecule has 0 bridgehead atoms. The van der Waals surface area contributed by atoms with Gasteiger partial charge in [-0.25, -0.2) is 4.85 Å². The lowest BCUT2D eigenvalue weighted by Crippen LogP contribution is -2.15. The number of hydrogen-bond acceptors (Lipinski definition) is 5. The van der Waals surface area contributed by atoms with Crippen molar-refractivity contribution in [2.45, 2.75) is 0 Å². The summed E-state index contributed by atoms with van der Waals surface area (Å²) in [5, 5.41) is 20.0. The first-order valence-corrected chi connectivity index (χ1v) is 11.7. The second-order valence-electron chi connectivity index (χ2n) is 9.20. The molecule has 0 atom stereocenters. The number of H-pyrrole nitrogens is 3. The third-order valence-corrected chi connectivity index (χ3v) is 7.12. The average molecular weight is 504 g/mol. The lowest BCUT2D eigenvalue weighted by molar-refractivity contribution is 1.43. The fraction of sp³-hybridized carbons (Fsp3) is 0. The summed E-state index contributed by atoms with van der Waals surface area (Å²) in [7, 11) is 0. The van der Waals surface area contributed by atoms with E-state index in [0.717, 1.165) is 0 Å². The number of rotatable bonds is 0. The van der Waals surface area contributed by atoms with Crippen LogP contribution in [0.2, 0.25) is 0 Å². The van der Waals surface area contributed by atoms with Crippen molar-refractivity contribution in [1.82, 2.24) is 15.0 Å². The lowest BCUT2D eigenvalue weighted by Gasteiger charge is -2.13. The summed E-state index contributed by atoms with van der Waals surface area (Å²) in [6.45, 7) is 7.36. The minimum absolute atomic E-state index is 0.110. The zero-order valence-electron chi connectivity index (χ0n) is 19.8. The van der Waals surface area contributed by atoms with E-state index in [9.17, 15) is 24.9 Å². The summed E-state index contributed by atoms with van der Waals surface area (Å²) in [6, 6.07) is 17.9. The molecule has 0 unspecified atom stereocenters. The highest BCUT2D eigenvalue weighted by molar-refractivity contribution is 6.25. The number of hydrogen-bond donors (Lipinski definition) is 3. The zero-order chi connectivity index (χ0) is 27.0. The third-order valence-electron chi connectivity index (χ3n) is 7.12. The Labute approximate surface area is 216 Å². The molecule has 0 aliphatic carbocycles. The third kappa shape index (κ3) is 2.88. The van der Waals surface area contributed by atoms with Gasteiger partial charge in [0.1, 0.15) is 0 Å². The van der Waals surface area contributed by atoms with Crippen molar-refractivity contribution < 1.29 is 0 Å². The second kappa shape index (κ2) is 7.63. The lowest BCUT2D eigenvalue weighted by atomic mass is 9.98. The number of aromatic amines is 3. The van der Waals surface area contributed by atoms with Crippen LogP contribution >= 0.6 is 0 Å². The van der Waals surface area contributed by atoms with Crippen LogP contribution < -0.4 is 16.3 Å². The average Bonchev–Trinajstić information content (AvgIpc) is 2.96. The number of fused-ring (bicyclic) bond motifs is 9. The number of nitriles is 2. The quantitative estimate of drug-likeness (QED) is 0.151. The number of nitrogens with zero attached hydrogens (tertiary/aromatic N) is 3. The molecule has 0 aliphatic rings. The van der Waals surface area contributed by atoms with Crippen LogP contribution in [0.15, 0.2) is 69.0 Å². The fourth-order valence-corrected chi connectivity index (χ4v) is 5.35. The van der Waals surface area contributed by atoms with Crippen molar-refractivity contribution in [2.75, 3.05) is 0 Å². The Morgan fingerprint density at radius 1 is 0.590 bits per heavy atom. The molecule has 7 aromatic rings. The van der Waals surface area contributed by atoms with E-state index in [2.05, 4.69) is 31.9 Å². The predicted molar refractivity (Wildman–Crippen MR) is 149 cm³/mol. The summed E-state index contributed by atoms with van der Waals surface area (Å²) >= 11 is 0. The van der Waals surface area contributed by atoms with Crippen LogP contribution in [-0.2, 0) is 0 Å². The van der Waals surface area contributed by atoms with Crippen LogP contribution in [-0.4, -0.2) is 15.0 Å². The number of aromatic nitrogens is 3. The SMILES string of the molecule is [C-]#[N+]c1ccc2c(=O)c3c4[nH]c5cc(C#N)ccc5c(=O)c4c4[nH]c5cc(C#N)ccc5c(=O)c4c3[nH]c2c1. The molecule has 0 spiro atoms. The Hall–Kier alpha value is -6.24. The highest BCUT2D eigenvalue weighted by Gasteiger charge is 2.21. The molecule has 9 nitrogen and oxygen atoms in total. The van der Waals surface area contributed by atoms with Gasteiger partial charge in [-0.2, -0.15) is 10.5 Å². The fourth-order valence-electron chi connectivity index (χ4n) is 5.35. The maximum Gasteiger partial charge on any atom is 0.199 e. The minimum Gasteiger partial charge on any atom is -0.355 e. The molecule has 180 valence electrons. The van der Waals surface area contributed by atoms with Gasteiger partial charge >= 0.3 is 0 Å². The topological polar surface area (TPSA) is 151 Å². The predicted octanol–water partition coefficient (Wildman–Crippen LogP) is 4.96. The van der Waals surface area contributed by atoms with Crippen LogP contribution in [0.1, 0.15) is 11.1 Å². The molecule has 0 aliphatic heterocycles. The van der Waals surface area contributed by atoms with Crippen LogP contribution in [0.4, 0.5) is 5.69 Å². The first kappa shape index (κ1) is 22.0. The van der Waals surface area contributed by atoms with Gasteiger partial charge in [0.25, 0.3) is 0 Å².